The van der Waals surface area contributed by atoms with E-state index in [0.29, 0.717) is 25.7 Å². The molecule has 5 rings (SSSR count). The maximum absolute atomic E-state index is 13.7. The first-order chi connectivity index (χ1) is 17.2. The topological polar surface area (TPSA) is 191 Å². The van der Waals surface area contributed by atoms with Gasteiger partial charge in [-0.25, -0.2) is 9.59 Å². The number of hydrogen-bond donors (Lipinski definition) is 6. The number of aliphatic hydroxyl groups is 4. The van der Waals surface area contributed by atoms with Crippen LogP contribution in [0.4, 0.5) is 0 Å². The molecule has 13 atom stereocenters. The molecule has 0 aromatic carbocycles. The van der Waals surface area contributed by atoms with Gasteiger partial charge in [-0.3, -0.25) is 4.79 Å². The number of hydrogen-bond acceptors (Lipinski definition) is 9. The van der Waals surface area contributed by atoms with E-state index in [0.717, 1.165) is 12.8 Å². The highest BCUT2D eigenvalue weighted by Gasteiger charge is 2.69. The first-order valence-corrected chi connectivity index (χ1v) is 13.3. The fourth-order valence-electron chi connectivity index (χ4n) is 8.87. The number of carbonyl (C=O) groups excluding carboxylic acids is 1. The molecule has 208 valence electrons. The molecule has 0 bridgehead atoms. The second-order valence-corrected chi connectivity index (χ2v) is 12.6. The van der Waals surface area contributed by atoms with Crippen LogP contribution in [-0.2, 0) is 23.9 Å². The SMILES string of the molecule is C[C@]12CC[C@H](O[C@H]3O[C@@H](C(=O)O)[C@H](O)[C@@H](O)[C@@H]3O)C[C@@H]1CC[C@H]1[C@H]2C(=O)C[C@@]2(C)[C@@H]1CC[C@@]2(O)C(=O)O. The first kappa shape index (κ1) is 27.0. The van der Waals surface area contributed by atoms with Gasteiger partial charge in [-0.05, 0) is 68.1 Å². The number of ether oxygens (including phenoxy) is 2. The van der Waals surface area contributed by atoms with Gasteiger partial charge >= 0.3 is 11.9 Å². The summed E-state index contributed by atoms with van der Waals surface area (Å²) >= 11 is 0. The van der Waals surface area contributed by atoms with E-state index in [1.807, 2.05) is 0 Å². The number of aliphatic hydroxyl groups excluding tert-OH is 3. The largest absolute Gasteiger partial charge is 0.479 e. The molecule has 0 amide bonds. The highest BCUT2D eigenvalue weighted by Crippen LogP contribution is 2.67. The fourth-order valence-corrected chi connectivity index (χ4v) is 8.87. The summed E-state index contributed by atoms with van der Waals surface area (Å²) in [6.45, 7) is 3.88. The average Bonchev–Trinajstić information content (AvgIpc) is 3.10. The average molecular weight is 527 g/mol. The van der Waals surface area contributed by atoms with Crippen molar-refractivity contribution in [3.8, 4) is 0 Å². The second kappa shape index (κ2) is 8.96. The van der Waals surface area contributed by atoms with Crippen LogP contribution in [0, 0.1) is 34.5 Å². The number of Topliss-reactive ketones (excluding diaryl/α,β-unsaturated/α-hetero) is 1. The van der Waals surface area contributed by atoms with E-state index in [4.69, 9.17) is 9.47 Å². The normalized spacial score (nSPS) is 53.6. The van der Waals surface area contributed by atoms with Gasteiger partial charge in [0.1, 0.15) is 24.1 Å². The Balaban J connectivity index is 1.31. The molecule has 0 aromatic rings. The Morgan fingerprint density at radius 1 is 0.973 bits per heavy atom. The number of aliphatic carboxylic acids is 2. The van der Waals surface area contributed by atoms with E-state index in [2.05, 4.69) is 6.92 Å². The molecular weight excluding hydrogens is 488 g/mol. The summed E-state index contributed by atoms with van der Waals surface area (Å²) in [5, 5.41) is 60.5. The summed E-state index contributed by atoms with van der Waals surface area (Å²) < 4.78 is 11.2. The molecule has 1 heterocycles. The van der Waals surface area contributed by atoms with Crippen LogP contribution in [0.15, 0.2) is 0 Å². The van der Waals surface area contributed by atoms with Crippen molar-refractivity contribution in [3.05, 3.63) is 0 Å². The molecule has 4 saturated carbocycles. The van der Waals surface area contributed by atoms with Crippen LogP contribution >= 0.6 is 0 Å². The van der Waals surface area contributed by atoms with E-state index in [9.17, 15) is 45.0 Å². The molecule has 0 aromatic heterocycles. The number of fused-ring (bicyclic) bond motifs is 5. The summed E-state index contributed by atoms with van der Waals surface area (Å²) in [4.78, 5) is 37.1. The Morgan fingerprint density at radius 2 is 1.68 bits per heavy atom. The van der Waals surface area contributed by atoms with Crippen molar-refractivity contribution >= 4 is 17.7 Å². The van der Waals surface area contributed by atoms with Crippen molar-refractivity contribution in [3.63, 3.8) is 0 Å². The molecule has 11 nitrogen and oxygen atoms in total. The number of ketones is 1. The highest BCUT2D eigenvalue weighted by molar-refractivity contribution is 5.87. The summed E-state index contributed by atoms with van der Waals surface area (Å²) in [6.07, 6.45) is -4.57. The lowest BCUT2D eigenvalue weighted by Gasteiger charge is -2.60. The van der Waals surface area contributed by atoms with Crippen molar-refractivity contribution in [1.29, 1.82) is 0 Å². The van der Waals surface area contributed by atoms with Crippen LogP contribution in [0.25, 0.3) is 0 Å². The number of carbonyl (C=O) groups is 3. The molecule has 6 N–H and O–H groups in total. The van der Waals surface area contributed by atoms with Gasteiger partial charge in [-0.15, -0.1) is 0 Å². The van der Waals surface area contributed by atoms with Gasteiger partial charge in [-0.2, -0.15) is 0 Å². The Kier molecular flexibility index (Phi) is 6.53. The predicted octanol–water partition coefficient (Wildman–Crippen LogP) is 0.301. The van der Waals surface area contributed by atoms with Gasteiger partial charge in [0.05, 0.1) is 6.10 Å². The molecule has 37 heavy (non-hydrogen) atoms. The first-order valence-electron chi connectivity index (χ1n) is 13.3. The Hall–Kier alpha value is -1.63. The summed E-state index contributed by atoms with van der Waals surface area (Å²) in [5.41, 5.74) is -3.20. The smallest absolute Gasteiger partial charge is 0.336 e. The quantitative estimate of drug-likeness (QED) is 0.276. The molecular formula is C26H38O11. The third-order valence-corrected chi connectivity index (χ3v) is 11.0. The maximum atomic E-state index is 13.7. The number of carboxylic acids is 2. The lowest BCUT2D eigenvalue weighted by molar-refractivity contribution is -0.309. The second-order valence-electron chi connectivity index (χ2n) is 12.6. The van der Waals surface area contributed by atoms with E-state index >= 15 is 0 Å². The van der Waals surface area contributed by atoms with Crippen molar-refractivity contribution in [2.24, 2.45) is 34.5 Å². The van der Waals surface area contributed by atoms with Gasteiger partial charge in [0, 0.05) is 17.8 Å². The Bertz CT molecular complexity index is 970. The van der Waals surface area contributed by atoms with Crippen LogP contribution in [0.3, 0.4) is 0 Å². The highest BCUT2D eigenvalue weighted by atomic mass is 16.7. The minimum Gasteiger partial charge on any atom is -0.479 e. The molecule has 1 saturated heterocycles. The molecule has 0 spiro atoms. The van der Waals surface area contributed by atoms with Crippen LogP contribution in [0.1, 0.15) is 65.2 Å². The van der Waals surface area contributed by atoms with Crippen LogP contribution < -0.4 is 0 Å². The van der Waals surface area contributed by atoms with Gasteiger partial charge < -0.3 is 40.1 Å². The third-order valence-electron chi connectivity index (χ3n) is 11.0. The molecule has 5 fully saturated rings. The summed E-state index contributed by atoms with van der Waals surface area (Å²) in [6, 6.07) is 0. The summed E-state index contributed by atoms with van der Waals surface area (Å²) in [7, 11) is 0. The van der Waals surface area contributed by atoms with Crippen molar-refractivity contribution in [2.45, 2.75) is 108 Å². The lowest BCUT2D eigenvalue weighted by atomic mass is 9.44. The van der Waals surface area contributed by atoms with E-state index in [-0.39, 0.29) is 47.7 Å². The third kappa shape index (κ3) is 3.80. The Morgan fingerprint density at radius 3 is 2.32 bits per heavy atom. The lowest BCUT2D eigenvalue weighted by Crippen LogP contribution is -2.62. The molecule has 5 aliphatic rings. The molecule has 0 radical (unpaired) electrons. The standard InChI is InChI=1S/C26H38O11/c1-24-7-5-12(36-22-19(30)17(28)18(29)20(37-22)21(31)32)9-11(24)3-4-13-14-6-8-26(35,23(33)34)25(14,2)10-15(27)16(13)24/h11-14,16-20,22,28-30,35H,3-10H2,1-2H3,(H,31,32)(H,33,34)/t11-,12-,13+,14+,16-,17+,18+,19-,20+,22-,24-,25-,26+/m0/s1. The minimum atomic E-state index is -1.89. The molecule has 1 aliphatic heterocycles. The van der Waals surface area contributed by atoms with Crippen molar-refractivity contribution in [2.75, 3.05) is 0 Å². The van der Waals surface area contributed by atoms with Crippen molar-refractivity contribution in [1.82, 2.24) is 0 Å². The molecule has 4 aliphatic carbocycles. The minimum absolute atomic E-state index is 0.00908. The summed E-state index contributed by atoms with van der Waals surface area (Å²) in [5.74, 6) is -2.85. The van der Waals surface area contributed by atoms with Crippen LogP contribution in [0.2, 0.25) is 0 Å². The maximum Gasteiger partial charge on any atom is 0.336 e. The van der Waals surface area contributed by atoms with E-state index in [1.54, 1.807) is 6.92 Å². The van der Waals surface area contributed by atoms with Crippen LogP contribution in [-0.4, -0.2) is 90.8 Å². The zero-order valence-corrected chi connectivity index (χ0v) is 21.2. The molecule has 11 heteroatoms. The number of carboxylic acid groups (broad SMARTS) is 2. The predicted molar refractivity (Wildman–Crippen MR) is 124 cm³/mol. The van der Waals surface area contributed by atoms with Gasteiger partial charge in [0.2, 0.25) is 0 Å². The zero-order valence-electron chi connectivity index (χ0n) is 21.2. The zero-order chi connectivity index (χ0) is 27.1. The van der Waals surface area contributed by atoms with Gasteiger partial charge in [0.15, 0.2) is 18.0 Å². The number of rotatable bonds is 4. The van der Waals surface area contributed by atoms with E-state index in [1.165, 1.54) is 0 Å². The van der Waals surface area contributed by atoms with Crippen LogP contribution in [0.5, 0.6) is 0 Å². The fraction of sp³-hybridized carbons (Fsp3) is 0.885. The Labute approximate surface area is 214 Å². The van der Waals surface area contributed by atoms with Gasteiger partial charge in [0.25, 0.3) is 0 Å². The monoisotopic (exact) mass is 526 g/mol. The van der Waals surface area contributed by atoms with E-state index < -0.39 is 59.8 Å². The van der Waals surface area contributed by atoms with Crippen molar-refractivity contribution < 1.29 is 54.5 Å². The van der Waals surface area contributed by atoms with Gasteiger partial charge in [-0.1, -0.05) is 13.8 Å². The molecule has 0 unspecified atom stereocenters.